The first-order valence-electron chi connectivity index (χ1n) is 17.1. The van der Waals surface area contributed by atoms with Gasteiger partial charge in [0.2, 0.25) is 17.7 Å². The van der Waals surface area contributed by atoms with Crippen LogP contribution in [0.1, 0.15) is 103 Å². The molecule has 3 amide bonds. The molecule has 3 N–H and O–H groups in total. The molecule has 9 heteroatoms. The third kappa shape index (κ3) is 11.8. The minimum absolute atomic E-state index is 0.0730. The Morgan fingerprint density at radius 1 is 0.977 bits per heavy atom. The van der Waals surface area contributed by atoms with Crippen LogP contribution in [-0.4, -0.2) is 88.2 Å². The number of carbonyl (C=O) groups is 3. The predicted molar refractivity (Wildman–Crippen MR) is 172 cm³/mol. The summed E-state index contributed by atoms with van der Waals surface area (Å²) in [6.07, 6.45) is 13.9. The second-order valence-corrected chi connectivity index (χ2v) is 14.0. The number of amides is 3. The van der Waals surface area contributed by atoms with Crippen molar-refractivity contribution in [3.05, 3.63) is 30.1 Å². The fourth-order valence-corrected chi connectivity index (χ4v) is 7.04. The molecule has 2 saturated carbocycles. The number of pyridine rings is 1. The molecule has 0 spiro atoms. The van der Waals surface area contributed by atoms with Gasteiger partial charge in [0, 0.05) is 39.5 Å². The standard InChI is InChI=1S/C35H58N4O5/c1-25(2)18-31(40)34(43)30(20-26-12-7-5-8-13-26)39(24-27-14-9-6-10-15-27)35(44)29(19-28-16-11-17-36-22-28)21-32(41)37-23-33(42)38(3)4/h11,16-17,22,25-27,29-31,34,40,43H,5-10,12-15,18-21,23-24H2,1-4H3,(H,37,41)/t29-,30+,31+,34-/m1/s1. The minimum Gasteiger partial charge on any atom is -0.390 e. The Labute approximate surface area is 265 Å². The van der Waals surface area contributed by atoms with Crippen LogP contribution in [0.5, 0.6) is 0 Å². The highest BCUT2D eigenvalue weighted by Gasteiger charge is 2.40. The molecule has 4 atom stereocenters. The fraction of sp³-hybridized carbons (Fsp3) is 0.771. The van der Waals surface area contributed by atoms with Gasteiger partial charge in [-0.15, -0.1) is 0 Å². The molecule has 0 radical (unpaired) electrons. The molecule has 9 nitrogen and oxygen atoms in total. The van der Waals surface area contributed by atoms with Gasteiger partial charge in [0.1, 0.15) is 6.10 Å². The third-order valence-electron chi connectivity index (χ3n) is 9.59. The normalized spacial score (nSPS) is 19.2. The van der Waals surface area contributed by atoms with Crippen LogP contribution in [0.25, 0.3) is 0 Å². The maximum absolute atomic E-state index is 14.8. The van der Waals surface area contributed by atoms with E-state index in [-0.39, 0.29) is 36.6 Å². The molecule has 0 bridgehead atoms. The average Bonchev–Trinajstić information content (AvgIpc) is 3.01. The summed E-state index contributed by atoms with van der Waals surface area (Å²) in [6, 6.07) is 3.20. The molecule has 0 aromatic carbocycles. The van der Waals surface area contributed by atoms with Crippen LogP contribution in [0.3, 0.4) is 0 Å². The van der Waals surface area contributed by atoms with Gasteiger partial charge in [-0.25, -0.2) is 0 Å². The van der Waals surface area contributed by atoms with E-state index in [9.17, 15) is 24.6 Å². The molecule has 1 aromatic heterocycles. The number of hydrogen-bond acceptors (Lipinski definition) is 6. The maximum Gasteiger partial charge on any atom is 0.241 e. The van der Waals surface area contributed by atoms with Crippen molar-refractivity contribution in [2.24, 2.45) is 23.7 Å². The van der Waals surface area contributed by atoms with Crippen molar-refractivity contribution in [2.45, 2.75) is 122 Å². The first kappa shape index (κ1) is 36.0. The van der Waals surface area contributed by atoms with Gasteiger partial charge in [0.25, 0.3) is 0 Å². The Morgan fingerprint density at radius 2 is 1.61 bits per heavy atom. The van der Waals surface area contributed by atoms with Gasteiger partial charge in [-0.3, -0.25) is 19.4 Å². The zero-order valence-electron chi connectivity index (χ0n) is 27.6. The lowest BCUT2D eigenvalue weighted by Crippen LogP contribution is -2.55. The van der Waals surface area contributed by atoms with Crippen molar-refractivity contribution >= 4 is 17.7 Å². The molecule has 0 unspecified atom stereocenters. The van der Waals surface area contributed by atoms with E-state index in [1.807, 2.05) is 30.9 Å². The van der Waals surface area contributed by atoms with Crippen LogP contribution < -0.4 is 5.32 Å². The summed E-state index contributed by atoms with van der Waals surface area (Å²) in [5.74, 6) is -0.531. The van der Waals surface area contributed by atoms with Gasteiger partial charge in [-0.05, 0) is 61.5 Å². The average molecular weight is 615 g/mol. The topological polar surface area (TPSA) is 123 Å². The number of aromatic nitrogens is 1. The number of rotatable bonds is 16. The van der Waals surface area contributed by atoms with Crippen molar-refractivity contribution < 1.29 is 24.6 Å². The molecule has 2 aliphatic carbocycles. The lowest BCUT2D eigenvalue weighted by atomic mass is 9.80. The smallest absolute Gasteiger partial charge is 0.241 e. The molecule has 2 aliphatic rings. The number of aliphatic hydroxyl groups excluding tert-OH is 2. The lowest BCUT2D eigenvalue weighted by molar-refractivity contribution is -0.147. The van der Waals surface area contributed by atoms with E-state index >= 15 is 0 Å². The summed E-state index contributed by atoms with van der Waals surface area (Å²) in [7, 11) is 3.27. The second-order valence-electron chi connectivity index (χ2n) is 14.0. The van der Waals surface area contributed by atoms with E-state index in [1.165, 1.54) is 17.7 Å². The van der Waals surface area contributed by atoms with Crippen molar-refractivity contribution in [1.29, 1.82) is 0 Å². The van der Waals surface area contributed by atoms with Crippen molar-refractivity contribution in [1.82, 2.24) is 20.1 Å². The Kier molecular flexibility index (Phi) is 15.1. The van der Waals surface area contributed by atoms with E-state index in [2.05, 4.69) is 10.3 Å². The first-order chi connectivity index (χ1) is 21.0. The van der Waals surface area contributed by atoms with E-state index in [4.69, 9.17) is 0 Å². The molecule has 0 saturated heterocycles. The highest BCUT2D eigenvalue weighted by molar-refractivity contribution is 5.88. The number of aliphatic hydroxyl groups is 2. The highest BCUT2D eigenvalue weighted by atomic mass is 16.3. The van der Waals surface area contributed by atoms with Gasteiger partial charge in [0.05, 0.1) is 24.6 Å². The fourth-order valence-electron chi connectivity index (χ4n) is 7.04. The zero-order valence-corrected chi connectivity index (χ0v) is 27.6. The Balaban J connectivity index is 1.96. The molecule has 1 heterocycles. The van der Waals surface area contributed by atoms with Crippen molar-refractivity contribution in [3.8, 4) is 0 Å². The number of hydrogen-bond donors (Lipinski definition) is 3. The monoisotopic (exact) mass is 614 g/mol. The van der Waals surface area contributed by atoms with Crippen molar-refractivity contribution in [3.63, 3.8) is 0 Å². The van der Waals surface area contributed by atoms with E-state index in [0.29, 0.717) is 37.6 Å². The quantitative estimate of drug-likeness (QED) is 0.255. The molecular formula is C35H58N4O5. The summed E-state index contributed by atoms with van der Waals surface area (Å²) in [5.41, 5.74) is 0.852. The Hall–Kier alpha value is -2.52. The summed E-state index contributed by atoms with van der Waals surface area (Å²) in [5, 5.41) is 25.7. The molecule has 0 aliphatic heterocycles. The Morgan fingerprint density at radius 3 is 2.18 bits per heavy atom. The SMILES string of the molecule is CC(C)C[C@H](O)[C@H](O)[C@H](CC1CCCCC1)N(CC1CCCCC1)C(=O)[C@@H](CC(=O)NCC(=O)N(C)C)Cc1cccnc1. The number of nitrogens with zero attached hydrogens (tertiary/aromatic N) is 3. The van der Waals surface area contributed by atoms with Crippen molar-refractivity contribution in [2.75, 3.05) is 27.2 Å². The van der Waals surface area contributed by atoms with Gasteiger partial charge in [-0.2, -0.15) is 0 Å². The summed E-state index contributed by atoms with van der Waals surface area (Å²) < 4.78 is 0. The van der Waals surface area contributed by atoms with Crippen LogP contribution >= 0.6 is 0 Å². The van der Waals surface area contributed by atoms with Gasteiger partial charge in [0.15, 0.2) is 0 Å². The second kappa shape index (κ2) is 18.4. The number of likely N-dealkylation sites (N-methyl/N-ethyl adjacent to an activating group) is 1. The number of carbonyl (C=O) groups excluding carboxylic acids is 3. The van der Waals surface area contributed by atoms with Crippen LogP contribution in [0, 0.1) is 23.7 Å². The Bertz CT molecular complexity index is 1010. The molecule has 44 heavy (non-hydrogen) atoms. The third-order valence-corrected chi connectivity index (χ3v) is 9.59. The molecule has 2 fully saturated rings. The van der Waals surface area contributed by atoms with Gasteiger partial charge < -0.3 is 25.3 Å². The van der Waals surface area contributed by atoms with Crippen LogP contribution in [0.4, 0.5) is 0 Å². The minimum atomic E-state index is -1.07. The van der Waals surface area contributed by atoms with Gasteiger partial charge >= 0.3 is 0 Å². The molecular weight excluding hydrogens is 556 g/mol. The largest absolute Gasteiger partial charge is 0.390 e. The number of nitrogens with one attached hydrogen (secondary N) is 1. The summed E-state index contributed by atoms with van der Waals surface area (Å²) >= 11 is 0. The van der Waals surface area contributed by atoms with E-state index in [1.54, 1.807) is 26.5 Å². The van der Waals surface area contributed by atoms with Crippen LogP contribution in [-0.2, 0) is 20.8 Å². The molecule has 3 rings (SSSR count). The van der Waals surface area contributed by atoms with Crippen LogP contribution in [0.2, 0.25) is 0 Å². The maximum atomic E-state index is 14.8. The highest BCUT2D eigenvalue weighted by Crippen LogP contribution is 2.34. The molecule has 248 valence electrons. The van der Waals surface area contributed by atoms with Crippen LogP contribution in [0.15, 0.2) is 24.5 Å². The van der Waals surface area contributed by atoms with E-state index < -0.39 is 24.2 Å². The zero-order chi connectivity index (χ0) is 32.1. The first-order valence-corrected chi connectivity index (χ1v) is 17.1. The molecule has 1 aromatic rings. The summed E-state index contributed by atoms with van der Waals surface area (Å²) in [4.78, 5) is 47.7. The van der Waals surface area contributed by atoms with Gasteiger partial charge in [-0.1, -0.05) is 71.3 Å². The predicted octanol–water partition coefficient (Wildman–Crippen LogP) is 4.35. The lowest BCUT2D eigenvalue weighted by Gasteiger charge is -2.43. The summed E-state index contributed by atoms with van der Waals surface area (Å²) in [6.45, 7) is 4.45. The van der Waals surface area contributed by atoms with E-state index in [0.717, 1.165) is 56.9 Å².